The molecule has 0 saturated heterocycles. The van der Waals surface area contributed by atoms with Crippen LogP contribution in [0.4, 0.5) is 5.69 Å². The van der Waals surface area contributed by atoms with E-state index in [1.165, 1.54) is 7.11 Å². The molecule has 2 heterocycles. The second-order valence-electron chi connectivity index (χ2n) is 7.50. The number of pyridine rings is 1. The molecular weight excluding hydrogens is 380 g/mol. The molecule has 3 rings (SSSR count). The number of aromatic nitrogens is 1. The number of aliphatic imine (C=N–C) groups is 2. The first-order chi connectivity index (χ1) is 14.4. The number of carbonyl (C=O) groups excluding carboxylic acids is 1. The van der Waals surface area contributed by atoms with Crippen molar-refractivity contribution < 1.29 is 14.6 Å². The fraction of sp³-hybridized carbons (Fsp3) is 0.391. The standard InChI is InChI=1S/C23H28N4O3/c1-14-11-17-20(12-15(14)2)27-23(25-13-16(3)28)19(8-9-21(29)30-4)26-22(17)18-7-5-6-10-24-18/h5-7,10-12,16,19,28H,8-9,13H2,1-4H3,(H,25,27)/t16-,19-/m0/s1. The largest absolute Gasteiger partial charge is 0.469 e. The van der Waals surface area contributed by atoms with Crippen LogP contribution < -0.4 is 5.32 Å². The fourth-order valence-corrected chi connectivity index (χ4v) is 3.25. The maximum Gasteiger partial charge on any atom is 0.305 e. The van der Waals surface area contributed by atoms with Gasteiger partial charge in [-0.15, -0.1) is 0 Å². The van der Waals surface area contributed by atoms with Gasteiger partial charge in [0.2, 0.25) is 0 Å². The normalized spacial score (nSPS) is 16.6. The molecular formula is C23H28N4O3. The van der Waals surface area contributed by atoms with Crippen LogP contribution in [0.1, 0.15) is 42.1 Å². The highest BCUT2D eigenvalue weighted by Crippen LogP contribution is 2.30. The smallest absolute Gasteiger partial charge is 0.305 e. The number of ether oxygens (including phenoxy) is 1. The summed E-state index contributed by atoms with van der Waals surface area (Å²) < 4.78 is 4.81. The van der Waals surface area contributed by atoms with Gasteiger partial charge in [-0.2, -0.15) is 0 Å². The van der Waals surface area contributed by atoms with Crippen molar-refractivity contribution in [2.24, 2.45) is 9.98 Å². The Balaban J connectivity index is 2.13. The molecule has 1 aromatic heterocycles. The first-order valence-electron chi connectivity index (χ1n) is 10.1. The van der Waals surface area contributed by atoms with Gasteiger partial charge in [0.05, 0.1) is 30.3 Å². The predicted molar refractivity (Wildman–Crippen MR) is 118 cm³/mol. The summed E-state index contributed by atoms with van der Waals surface area (Å²) in [7, 11) is 1.38. The molecule has 0 bridgehead atoms. The van der Waals surface area contributed by atoms with E-state index in [-0.39, 0.29) is 12.4 Å². The van der Waals surface area contributed by atoms with Crippen molar-refractivity contribution in [1.82, 2.24) is 10.3 Å². The summed E-state index contributed by atoms with van der Waals surface area (Å²) in [6.45, 7) is 6.15. The van der Waals surface area contributed by atoms with Crippen molar-refractivity contribution in [2.75, 3.05) is 13.7 Å². The molecule has 2 aromatic rings. The maximum atomic E-state index is 11.8. The summed E-state index contributed by atoms with van der Waals surface area (Å²) in [4.78, 5) is 26.2. The summed E-state index contributed by atoms with van der Waals surface area (Å²) in [6.07, 6.45) is 1.83. The van der Waals surface area contributed by atoms with Gasteiger partial charge in [0.1, 0.15) is 11.9 Å². The number of hydrogen-bond donors (Lipinski definition) is 2. The van der Waals surface area contributed by atoms with Crippen molar-refractivity contribution >= 4 is 23.2 Å². The van der Waals surface area contributed by atoms with E-state index < -0.39 is 12.1 Å². The monoisotopic (exact) mass is 408 g/mol. The van der Waals surface area contributed by atoms with Gasteiger partial charge in [0.25, 0.3) is 0 Å². The lowest BCUT2D eigenvalue weighted by Gasteiger charge is -2.17. The number of methoxy groups -OCH3 is 1. The van der Waals surface area contributed by atoms with E-state index in [9.17, 15) is 9.90 Å². The summed E-state index contributed by atoms with van der Waals surface area (Å²) in [6, 6.07) is 9.43. The van der Waals surface area contributed by atoms with E-state index in [2.05, 4.69) is 23.3 Å². The number of nitrogens with zero attached hydrogens (tertiary/aromatic N) is 3. The minimum atomic E-state index is -0.546. The topological polar surface area (TPSA) is 96.2 Å². The van der Waals surface area contributed by atoms with Crippen LogP contribution in [0.25, 0.3) is 0 Å². The number of aryl methyl sites for hydroxylation is 2. The Morgan fingerprint density at radius 1 is 1.27 bits per heavy atom. The van der Waals surface area contributed by atoms with Gasteiger partial charge in [-0.1, -0.05) is 6.07 Å². The van der Waals surface area contributed by atoms with Crippen LogP contribution >= 0.6 is 0 Å². The zero-order valence-corrected chi connectivity index (χ0v) is 17.8. The summed E-state index contributed by atoms with van der Waals surface area (Å²) in [5.41, 5.74) is 5.43. The Morgan fingerprint density at radius 2 is 2.03 bits per heavy atom. The number of fused-ring (bicyclic) bond motifs is 1. The predicted octanol–water partition coefficient (Wildman–Crippen LogP) is 2.87. The molecule has 0 fully saturated rings. The molecule has 0 saturated carbocycles. The number of esters is 1. The van der Waals surface area contributed by atoms with Crippen molar-refractivity contribution in [1.29, 1.82) is 0 Å². The molecule has 0 unspecified atom stereocenters. The number of carbonyl (C=O) groups is 1. The molecule has 158 valence electrons. The Bertz CT molecular complexity index is 968. The highest BCUT2D eigenvalue weighted by Gasteiger charge is 2.25. The number of nitrogens with one attached hydrogen (secondary N) is 1. The lowest BCUT2D eigenvalue weighted by Crippen LogP contribution is -2.38. The van der Waals surface area contributed by atoms with Gasteiger partial charge in [-0.25, -0.2) is 4.99 Å². The number of aliphatic hydroxyl groups excluding tert-OH is 1. The third-order valence-corrected chi connectivity index (χ3v) is 5.04. The number of rotatable bonds is 6. The quantitative estimate of drug-likeness (QED) is 0.717. The lowest BCUT2D eigenvalue weighted by molar-refractivity contribution is -0.140. The number of benzene rings is 1. The summed E-state index contributed by atoms with van der Waals surface area (Å²) in [5, 5.41) is 13.0. The average Bonchev–Trinajstić information content (AvgIpc) is 2.88. The van der Waals surface area contributed by atoms with E-state index in [0.717, 1.165) is 33.8 Å². The molecule has 7 nitrogen and oxygen atoms in total. The molecule has 1 aromatic carbocycles. The van der Waals surface area contributed by atoms with Gasteiger partial charge >= 0.3 is 5.97 Å². The third kappa shape index (κ3) is 5.10. The second-order valence-corrected chi connectivity index (χ2v) is 7.50. The van der Waals surface area contributed by atoms with Crippen LogP contribution in [-0.2, 0) is 9.53 Å². The molecule has 0 aliphatic carbocycles. The van der Waals surface area contributed by atoms with Crippen molar-refractivity contribution in [3.63, 3.8) is 0 Å². The first-order valence-corrected chi connectivity index (χ1v) is 10.1. The summed E-state index contributed by atoms with van der Waals surface area (Å²) in [5.74, 6) is 0.322. The van der Waals surface area contributed by atoms with Gasteiger partial charge in [-0.3, -0.25) is 14.8 Å². The zero-order valence-electron chi connectivity index (χ0n) is 17.8. The minimum absolute atomic E-state index is 0.212. The maximum absolute atomic E-state index is 11.8. The van der Waals surface area contributed by atoms with Crippen molar-refractivity contribution in [3.8, 4) is 0 Å². The average molecular weight is 409 g/mol. The van der Waals surface area contributed by atoms with Gasteiger partial charge in [0.15, 0.2) is 0 Å². The Labute approximate surface area is 176 Å². The first kappa shape index (κ1) is 21.6. The molecule has 2 N–H and O–H groups in total. The molecule has 30 heavy (non-hydrogen) atoms. The number of hydrogen-bond acceptors (Lipinski definition) is 7. The van der Waals surface area contributed by atoms with E-state index in [0.29, 0.717) is 18.8 Å². The van der Waals surface area contributed by atoms with Gasteiger partial charge in [0, 0.05) is 24.7 Å². The molecule has 1 aliphatic heterocycles. The van der Waals surface area contributed by atoms with Crippen molar-refractivity contribution in [3.05, 3.63) is 58.9 Å². The van der Waals surface area contributed by atoms with Crippen LogP contribution in [0.2, 0.25) is 0 Å². The van der Waals surface area contributed by atoms with E-state index in [1.54, 1.807) is 13.1 Å². The summed E-state index contributed by atoms with van der Waals surface area (Å²) >= 11 is 0. The molecule has 0 spiro atoms. The van der Waals surface area contributed by atoms with E-state index >= 15 is 0 Å². The van der Waals surface area contributed by atoms with Gasteiger partial charge in [-0.05, 0) is 62.6 Å². The molecule has 1 aliphatic rings. The third-order valence-electron chi connectivity index (χ3n) is 5.04. The van der Waals surface area contributed by atoms with Crippen LogP contribution in [-0.4, -0.2) is 53.4 Å². The van der Waals surface area contributed by atoms with Crippen LogP contribution in [0.5, 0.6) is 0 Å². The van der Waals surface area contributed by atoms with Crippen LogP contribution in [0.15, 0.2) is 46.5 Å². The van der Waals surface area contributed by atoms with Crippen LogP contribution in [0, 0.1) is 13.8 Å². The van der Waals surface area contributed by atoms with Gasteiger partial charge < -0.3 is 15.2 Å². The SMILES string of the molecule is COC(=O)CC[C@@H]1N=C(c2ccccn2)c2cc(C)c(C)cc2N=C1NC[C@H](C)O. The van der Waals surface area contributed by atoms with Crippen molar-refractivity contribution in [2.45, 2.75) is 45.8 Å². The number of amidine groups is 1. The van der Waals surface area contributed by atoms with Crippen LogP contribution in [0.3, 0.4) is 0 Å². The highest BCUT2D eigenvalue weighted by molar-refractivity contribution is 6.17. The Kier molecular flexibility index (Phi) is 6.95. The Morgan fingerprint density at radius 3 is 2.70 bits per heavy atom. The molecule has 0 amide bonds. The highest BCUT2D eigenvalue weighted by atomic mass is 16.5. The zero-order chi connectivity index (χ0) is 21.7. The number of aliphatic hydroxyl groups is 1. The Hall–Kier alpha value is -3.06. The lowest BCUT2D eigenvalue weighted by atomic mass is 9.99. The fourth-order valence-electron chi connectivity index (χ4n) is 3.25. The second kappa shape index (κ2) is 9.63. The van der Waals surface area contributed by atoms with E-state index in [4.69, 9.17) is 14.7 Å². The molecule has 0 radical (unpaired) electrons. The minimum Gasteiger partial charge on any atom is -0.469 e. The molecule has 2 atom stereocenters. The van der Waals surface area contributed by atoms with E-state index in [1.807, 2.05) is 31.2 Å². The molecule has 7 heteroatoms.